The Kier molecular flexibility index (Phi) is 2.42. The second-order valence-electron chi connectivity index (χ2n) is 4.91. The summed E-state index contributed by atoms with van der Waals surface area (Å²) in [6.07, 6.45) is 4.16. The largest absolute Gasteiger partial charge is 0.356 e. The van der Waals surface area contributed by atoms with Gasteiger partial charge in [-0.2, -0.15) is 0 Å². The molecule has 0 saturated carbocycles. The van der Waals surface area contributed by atoms with Crippen molar-refractivity contribution in [3.63, 3.8) is 0 Å². The molecule has 2 aromatic rings. The van der Waals surface area contributed by atoms with E-state index in [-0.39, 0.29) is 0 Å². The number of hydrogen-bond acceptors (Lipinski definition) is 0. The van der Waals surface area contributed by atoms with Crippen molar-refractivity contribution in [1.29, 1.82) is 0 Å². The van der Waals surface area contributed by atoms with Gasteiger partial charge in [-0.25, -0.2) is 8.78 Å². The number of aromatic nitrogens is 1. The molecule has 0 amide bonds. The lowest BCUT2D eigenvalue weighted by molar-refractivity contribution is 0.444. The summed E-state index contributed by atoms with van der Waals surface area (Å²) < 4.78 is 26.9. The molecule has 0 radical (unpaired) electrons. The van der Waals surface area contributed by atoms with Gasteiger partial charge in [-0.1, -0.05) is 13.3 Å². The van der Waals surface area contributed by atoms with E-state index in [0.29, 0.717) is 11.4 Å². The first-order valence-electron chi connectivity index (χ1n) is 6.17. The Morgan fingerprint density at radius 1 is 1.35 bits per heavy atom. The van der Waals surface area contributed by atoms with Crippen LogP contribution >= 0.6 is 0 Å². The maximum atomic E-state index is 13.6. The van der Waals surface area contributed by atoms with E-state index >= 15 is 0 Å². The molecule has 1 aliphatic rings. The number of halogens is 2. The summed E-state index contributed by atoms with van der Waals surface area (Å²) >= 11 is 0. The van der Waals surface area contributed by atoms with Gasteiger partial charge in [0.1, 0.15) is 11.6 Å². The Morgan fingerprint density at radius 2 is 2.18 bits per heavy atom. The summed E-state index contributed by atoms with van der Waals surface area (Å²) in [5.41, 5.74) is 2.68. The first-order chi connectivity index (χ1) is 8.19. The molecular weight excluding hydrogens is 220 g/mol. The summed E-state index contributed by atoms with van der Waals surface area (Å²) in [7, 11) is 0. The second-order valence-corrected chi connectivity index (χ2v) is 4.91. The van der Waals surface area contributed by atoms with Crippen molar-refractivity contribution in [2.75, 3.05) is 0 Å². The number of hydrogen-bond donors (Lipinski definition) is 1. The third-order valence-corrected chi connectivity index (χ3v) is 3.89. The topological polar surface area (TPSA) is 15.8 Å². The summed E-state index contributed by atoms with van der Waals surface area (Å²) in [6, 6.07) is 2.40. The molecule has 0 fully saturated rings. The summed E-state index contributed by atoms with van der Waals surface area (Å²) in [5, 5.41) is 0.732. The van der Waals surface area contributed by atoms with E-state index in [2.05, 4.69) is 11.9 Å². The van der Waals surface area contributed by atoms with Crippen molar-refractivity contribution in [3.05, 3.63) is 35.0 Å². The summed E-state index contributed by atoms with van der Waals surface area (Å²) in [6.45, 7) is 2.17. The Balaban J connectivity index is 2.20. The lowest BCUT2D eigenvalue weighted by atomic mass is 9.85. The molecule has 1 atom stereocenters. The van der Waals surface area contributed by atoms with Crippen molar-refractivity contribution >= 4 is 10.9 Å². The normalized spacial score (nSPS) is 19.6. The number of benzene rings is 1. The fourth-order valence-electron chi connectivity index (χ4n) is 2.86. The zero-order chi connectivity index (χ0) is 12.0. The molecule has 3 heteroatoms. The molecule has 1 aromatic heterocycles. The summed E-state index contributed by atoms with van der Waals surface area (Å²) in [5.74, 6) is -0.328. The van der Waals surface area contributed by atoms with Gasteiger partial charge in [-0.15, -0.1) is 0 Å². The van der Waals surface area contributed by atoms with Gasteiger partial charge in [0.25, 0.3) is 0 Å². The maximum absolute atomic E-state index is 13.6. The van der Waals surface area contributed by atoms with Crippen LogP contribution in [0.15, 0.2) is 12.1 Å². The first kappa shape index (κ1) is 10.8. The molecule has 1 aliphatic carbocycles. The van der Waals surface area contributed by atoms with Gasteiger partial charge in [0.15, 0.2) is 0 Å². The van der Waals surface area contributed by atoms with Crippen LogP contribution in [0.2, 0.25) is 0 Å². The lowest BCUT2D eigenvalue weighted by Gasteiger charge is -2.20. The van der Waals surface area contributed by atoms with E-state index < -0.39 is 11.6 Å². The highest BCUT2D eigenvalue weighted by atomic mass is 19.1. The Hall–Kier alpha value is -1.38. The van der Waals surface area contributed by atoms with Crippen LogP contribution in [0.4, 0.5) is 8.78 Å². The van der Waals surface area contributed by atoms with E-state index in [9.17, 15) is 8.78 Å². The van der Waals surface area contributed by atoms with Crippen molar-refractivity contribution in [2.24, 2.45) is 5.92 Å². The van der Waals surface area contributed by atoms with Crippen molar-refractivity contribution in [1.82, 2.24) is 4.98 Å². The van der Waals surface area contributed by atoms with Crippen LogP contribution in [-0.4, -0.2) is 4.98 Å². The molecule has 0 saturated heterocycles. The van der Waals surface area contributed by atoms with Crippen LogP contribution in [0, 0.1) is 17.6 Å². The number of fused-ring (bicyclic) bond motifs is 3. The number of aryl methyl sites for hydroxylation is 1. The molecule has 1 aromatic carbocycles. The molecule has 1 N–H and O–H groups in total. The summed E-state index contributed by atoms with van der Waals surface area (Å²) in [4.78, 5) is 3.11. The zero-order valence-corrected chi connectivity index (χ0v) is 9.82. The zero-order valence-electron chi connectivity index (χ0n) is 9.82. The molecule has 1 heterocycles. The number of rotatable bonds is 1. The number of aromatic amines is 1. The van der Waals surface area contributed by atoms with Crippen LogP contribution in [-0.2, 0) is 12.8 Å². The van der Waals surface area contributed by atoms with Crippen LogP contribution in [0.3, 0.4) is 0 Å². The molecular formula is C14H15F2N. The minimum absolute atomic E-state index is 0.466. The van der Waals surface area contributed by atoms with Gasteiger partial charge in [0.05, 0.1) is 5.52 Å². The predicted octanol–water partition coefficient (Wildman–Crippen LogP) is 3.96. The monoisotopic (exact) mass is 235 g/mol. The third-order valence-electron chi connectivity index (χ3n) is 3.89. The maximum Gasteiger partial charge on any atom is 0.150 e. The molecule has 3 rings (SSSR count). The van der Waals surface area contributed by atoms with E-state index in [0.717, 1.165) is 48.4 Å². The SMILES string of the molecule is CCC1CCc2[nH]c3c(F)cc(F)cc3c2C1. The Labute approximate surface area is 98.8 Å². The Morgan fingerprint density at radius 3 is 2.94 bits per heavy atom. The van der Waals surface area contributed by atoms with Crippen molar-refractivity contribution < 1.29 is 8.78 Å². The molecule has 90 valence electrons. The molecule has 0 spiro atoms. The Bertz CT molecular complexity index is 571. The second kappa shape index (κ2) is 3.83. The van der Waals surface area contributed by atoms with E-state index in [1.807, 2.05) is 0 Å². The van der Waals surface area contributed by atoms with Gasteiger partial charge < -0.3 is 4.98 Å². The fourth-order valence-corrected chi connectivity index (χ4v) is 2.86. The van der Waals surface area contributed by atoms with Crippen molar-refractivity contribution in [3.8, 4) is 0 Å². The highest BCUT2D eigenvalue weighted by Gasteiger charge is 2.22. The minimum Gasteiger partial charge on any atom is -0.356 e. The van der Waals surface area contributed by atoms with Crippen LogP contribution in [0.1, 0.15) is 31.0 Å². The smallest absolute Gasteiger partial charge is 0.150 e. The van der Waals surface area contributed by atoms with Crippen molar-refractivity contribution in [2.45, 2.75) is 32.6 Å². The third kappa shape index (κ3) is 1.65. The molecule has 0 bridgehead atoms. The molecule has 17 heavy (non-hydrogen) atoms. The van der Waals surface area contributed by atoms with E-state index in [1.54, 1.807) is 0 Å². The standard InChI is InChI=1S/C14H15F2N/c1-2-8-3-4-13-10(5-8)11-6-9(15)7-12(16)14(11)17-13/h6-8,17H,2-5H2,1H3. The van der Waals surface area contributed by atoms with Gasteiger partial charge in [-0.3, -0.25) is 0 Å². The van der Waals surface area contributed by atoms with Gasteiger partial charge >= 0.3 is 0 Å². The van der Waals surface area contributed by atoms with Gasteiger partial charge in [-0.05, 0) is 36.8 Å². The number of H-pyrrole nitrogens is 1. The molecule has 1 nitrogen and oxygen atoms in total. The van der Waals surface area contributed by atoms with Crippen LogP contribution in [0.5, 0.6) is 0 Å². The van der Waals surface area contributed by atoms with E-state index in [4.69, 9.17) is 0 Å². The van der Waals surface area contributed by atoms with Gasteiger partial charge in [0.2, 0.25) is 0 Å². The lowest BCUT2D eigenvalue weighted by Crippen LogP contribution is -2.12. The highest BCUT2D eigenvalue weighted by Crippen LogP contribution is 2.34. The minimum atomic E-state index is -0.490. The molecule has 1 unspecified atom stereocenters. The fraction of sp³-hybridized carbons (Fsp3) is 0.429. The number of nitrogens with one attached hydrogen (secondary N) is 1. The first-order valence-corrected chi connectivity index (χ1v) is 6.17. The average Bonchev–Trinajstić information content (AvgIpc) is 2.67. The molecule has 0 aliphatic heterocycles. The highest BCUT2D eigenvalue weighted by molar-refractivity contribution is 5.85. The predicted molar refractivity (Wildman–Crippen MR) is 64.0 cm³/mol. The average molecular weight is 235 g/mol. The van der Waals surface area contributed by atoms with Crippen LogP contribution in [0.25, 0.3) is 10.9 Å². The van der Waals surface area contributed by atoms with Crippen LogP contribution < -0.4 is 0 Å². The quantitative estimate of drug-likeness (QED) is 0.770. The van der Waals surface area contributed by atoms with Gasteiger partial charge in [0, 0.05) is 17.1 Å². The van der Waals surface area contributed by atoms with E-state index in [1.165, 1.54) is 6.07 Å².